The fourth-order valence-electron chi connectivity index (χ4n) is 1.08. The van der Waals surface area contributed by atoms with Crippen molar-refractivity contribution < 1.29 is 4.92 Å². The van der Waals surface area contributed by atoms with E-state index < -0.39 is 4.92 Å². The van der Waals surface area contributed by atoms with Crippen LogP contribution in [0.5, 0.6) is 0 Å². The number of rotatable bonds is 3. The van der Waals surface area contributed by atoms with E-state index in [9.17, 15) is 10.1 Å². The van der Waals surface area contributed by atoms with Crippen molar-refractivity contribution in [3.05, 3.63) is 43.5 Å². The lowest BCUT2D eigenvalue weighted by Crippen LogP contribution is -1.98. The molecule has 0 amide bonds. The van der Waals surface area contributed by atoms with Crippen molar-refractivity contribution in [2.24, 2.45) is 0 Å². The van der Waals surface area contributed by atoms with Crippen LogP contribution >= 0.6 is 27.5 Å². The predicted molar refractivity (Wildman–Crippen MR) is 68.7 cm³/mol. The van der Waals surface area contributed by atoms with Gasteiger partial charge in [0.2, 0.25) is 0 Å². The van der Waals surface area contributed by atoms with Crippen LogP contribution in [0.4, 0.5) is 11.4 Å². The van der Waals surface area contributed by atoms with Crippen LogP contribution in [-0.4, -0.2) is 4.92 Å². The Morgan fingerprint density at radius 3 is 2.61 bits per heavy atom. The smallest absolute Gasteiger partial charge is 0.295 e. The lowest BCUT2D eigenvalue weighted by molar-refractivity contribution is -0.384. The summed E-state index contributed by atoms with van der Waals surface area (Å²) in [6, 6.07) is 5.88. The van der Waals surface area contributed by atoms with Gasteiger partial charge in [-0.2, -0.15) is 10.5 Å². The van der Waals surface area contributed by atoms with Crippen molar-refractivity contribution in [1.82, 2.24) is 0 Å². The second-order valence-corrected chi connectivity index (χ2v) is 4.26. The van der Waals surface area contributed by atoms with Gasteiger partial charge in [-0.25, -0.2) is 0 Å². The van der Waals surface area contributed by atoms with Crippen LogP contribution < -0.4 is 5.32 Å². The Hall–Kier alpha value is -2.09. The highest BCUT2D eigenvalue weighted by molar-refractivity contribution is 9.10. The summed E-state index contributed by atoms with van der Waals surface area (Å²) in [6.45, 7) is 0. The van der Waals surface area contributed by atoms with E-state index in [4.69, 9.17) is 22.1 Å². The van der Waals surface area contributed by atoms with E-state index in [1.54, 1.807) is 12.1 Å². The molecule has 1 aromatic carbocycles. The minimum absolute atomic E-state index is 0.118. The number of nitro groups is 1. The molecule has 0 spiro atoms. The molecule has 0 aliphatic carbocycles. The summed E-state index contributed by atoms with van der Waals surface area (Å²) in [5.41, 5.74) is -0.348. The van der Waals surface area contributed by atoms with Crippen molar-refractivity contribution in [3.63, 3.8) is 0 Å². The molecule has 1 aromatic rings. The van der Waals surface area contributed by atoms with Crippen LogP contribution in [0.2, 0.25) is 5.02 Å². The molecule has 0 unspecified atom stereocenters. The van der Waals surface area contributed by atoms with Gasteiger partial charge in [0, 0.05) is 21.8 Å². The molecular weight excluding hydrogens is 323 g/mol. The normalized spacial score (nSPS) is 8.89. The molecule has 6 nitrogen and oxygen atoms in total. The first kappa shape index (κ1) is 14.0. The summed E-state index contributed by atoms with van der Waals surface area (Å²) >= 11 is 8.81. The maximum Gasteiger partial charge on any atom is 0.295 e. The Balaban J connectivity index is 3.26. The zero-order chi connectivity index (χ0) is 13.7. The van der Waals surface area contributed by atoms with E-state index in [-0.39, 0.29) is 22.0 Å². The Bertz CT molecular complexity index is 600. The molecule has 0 bridgehead atoms. The fraction of sp³-hybridized carbons (Fsp3) is 0. The number of hydrogen-bond acceptors (Lipinski definition) is 5. The Kier molecular flexibility index (Phi) is 4.67. The predicted octanol–water partition coefficient (Wildman–Crippen LogP) is 3.35. The van der Waals surface area contributed by atoms with Crippen LogP contribution in [0.1, 0.15) is 0 Å². The van der Waals surface area contributed by atoms with Gasteiger partial charge in [-0.1, -0.05) is 11.6 Å². The number of hydrogen-bond donors (Lipinski definition) is 1. The first-order valence-electron chi connectivity index (χ1n) is 4.40. The molecule has 0 radical (unpaired) electrons. The summed E-state index contributed by atoms with van der Waals surface area (Å²) in [7, 11) is 0. The van der Waals surface area contributed by atoms with Gasteiger partial charge in [0.1, 0.15) is 23.4 Å². The van der Waals surface area contributed by atoms with Gasteiger partial charge in [-0.05, 0) is 22.0 Å². The molecule has 0 saturated carbocycles. The van der Waals surface area contributed by atoms with Crippen molar-refractivity contribution in [2.75, 3.05) is 5.32 Å². The van der Waals surface area contributed by atoms with Gasteiger partial charge in [0.25, 0.3) is 5.69 Å². The molecule has 8 heteroatoms. The minimum Gasteiger partial charge on any atom is -0.353 e. The lowest BCUT2D eigenvalue weighted by atomic mass is 10.2. The number of halogens is 2. The average molecular weight is 328 g/mol. The molecule has 0 aliphatic heterocycles. The Morgan fingerprint density at radius 1 is 1.50 bits per heavy atom. The van der Waals surface area contributed by atoms with Crippen LogP contribution in [-0.2, 0) is 0 Å². The highest BCUT2D eigenvalue weighted by Gasteiger charge is 2.17. The zero-order valence-electron chi connectivity index (χ0n) is 8.65. The maximum absolute atomic E-state index is 10.8. The summed E-state index contributed by atoms with van der Waals surface area (Å²) in [5.74, 6) is 0. The van der Waals surface area contributed by atoms with E-state index in [1.807, 2.05) is 0 Å². The minimum atomic E-state index is -0.620. The van der Waals surface area contributed by atoms with Crippen molar-refractivity contribution in [2.45, 2.75) is 0 Å². The zero-order valence-corrected chi connectivity index (χ0v) is 11.0. The number of nitrogens with one attached hydrogen (secondary N) is 1. The van der Waals surface area contributed by atoms with Gasteiger partial charge in [0.15, 0.2) is 0 Å². The lowest BCUT2D eigenvalue weighted by Gasteiger charge is -2.05. The number of nitriles is 2. The standard InChI is InChI=1S/C10H4BrClN4O2/c11-8-1-7(12)2-9(16(17)18)10(8)15-5-6(3-13)4-14/h1-2,5,15H. The number of benzene rings is 1. The van der Waals surface area contributed by atoms with Crippen molar-refractivity contribution >= 4 is 38.9 Å². The van der Waals surface area contributed by atoms with Gasteiger partial charge in [-0.3, -0.25) is 10.1 Å². The van der Waals surface area contributed by atoms with Gasteiger partial charge >= 0.3 is 0 Å². The monoisotopic (exact) mass is 326 g/mol. The van der Waals surface area contributed by atoms with E-state index in [0.29, 0.717) is 4.47 Å². The first-order valence-corrected chi connectivity index (χ1v) is 5.57. The SMILES string of the molecule is N#CC(C#N)=CNc1c(Br)cc(Cl)cc1[N+](=O)[O-]. The Morgan fingerprint density at radius 2 is 2.11 bits per heavy atom. The largest absolute Gasteiger partial charge is 0.353 e. The second-order valence-electron chi connectivity index (χ2n) is 2.96. The third-order valence-corrected chi connectivity index (χ3v) is 2.68. The van der Waals surface area contributed by atoms with E-state index >= 15 is 0 Å². The summed E-state index contributed by atoms with van der Waals surface area (Å²) in [5, 5.41) is 30.7. The molecule has 0 heterocycles. The fourth-order valence-corrected chi connectivity index (χ4v) is 1.99. The van der Waals surface area contributed by atoms with Gasteiger partial charge < -0.3 is 5.32 Å². The molecule has 18 heavy (non-hydrogen) atoms. The average Bonchev–Trinajstić information content (AvgIpc) is 2.31. The second kappa shape index (κ2) is 6.01. The molecular formula is C10H4BrClN4O2. The van der Waals surface area contributed by atoms with Crippen molar-refractivity contribution in [3.8, 4) is 12.1 Å². The number of nitrogens with zero attached hydrogens (tertiary/aromatic N) is 3. The molecule has 90 valence electrons. The summed E-state index contributed by atoms with van der Waals surface area (Å²) in [4.78, 5) is 10.2. The third-order valence-electron chi connectivity index (χ3n) is 1.83. The molecule has 0 atom stereocenters. The van der Waals surface area contributed by atoms with Crippen LogP contribution in [0.25, 0.3) is 0 Å². The molecule has 1 N–H and O–H groups in total. The number of nitro benzene ring substituents is 1. The molecule has 1 rings (SSSR count). The maximum atomic E-state index is 10.8. The number of allylic oxidation sites excluding steroid dienone is 1. The third kappa shape index (κ3) is 3.20. The molecule has 0 aromatic heterocycles. The Labute approximate surface area is 115 Å². The van der Waals surface area contributed by atoms with E-state index in [2.05, 4.69) is 21.2 Å². The van der Waals surface area contributed by atoms with Crippen LogP contribution in [0.3, 0.4) is 0 Å². The van der Waals surface area contributed by atoms with Crippen molar-refractivity contribution in [1.29, 1.82) is 10.5 Å². The quantitative estimate of drug-likeness (QED) is 0.521. The van der Waals surface area contributed by atoms with Gasteiger partial charge in [0.05, 0.1) is 4.92 Å². The molecule has 0 fully saturated rings. The van der Waals surface area contributed by atoms with Gasteiger partial charge in [-0.15, -0.1) is 0 Å². The summed E-state index contributed by atoms with van der Waals surface area (Å²) < 4.78 is 0.355. The van der Waals surface area contributed by atoms with E-state index in [0.717, 1.165) is 6.20 Å². The molecule has 0 saturated heterocycles. The number of anilines is 1. The molecule has 0 aliphatic rings. The highest BCUT2D eigenvalue weighted by Crippen LogP contribution is 2.35. The summed E-state index contributed by atoms with van der Waals surface area (Å²) in [6.07, 6.45) is 1.08. The van der Waals surface area contributed by atoms with Crippen LogP contribution in [0.15, 0.2) is 28.4 Å². The van der Waals surface area contributed by atoms with E-state index in [1.165, 1.54) is 12.1 Å². The highest BCUT2D eigenvalue weighted by atomic mass is 79.9. The topological polar surface area (TPSA) is 103 Å². The first-order chi connectivity index (χ1) is 8.49. The van der Waals surface area contributed by atoms with Crippen LogP contribution in [0, 0.1) is 32.8 Å².